The molecule has 2 aromatic carbocycles. The summed E-state index contributed by atoms with van der Waals surface area (Å²) in [5.41, 5.74) is 2.52. The first-order valence-electron chi connectivity index (χ1n) is 13.7. The Kier molecular flexibility index (Phi) is 8.19. The molecule has 6 heterocycles. The highest BCUT2D eigenvalue weighted by Crippen LogP contribution is 2.47. The maximum atomic E-state index is 3.54. The van der Waals surface area contributed by atoms with E-state index in [9.17, 15) is 0 Å². The van der Waals surface area contributed by atoms with Gasteiger partial charge in [0.25, 0.3) is 0 Å². The van der Waals surface area contributed by atoms with Crippen molar-refractivity contribution in [1.29, 1.82) is 0 Å². The molecule has 0 spiro atoms. The third-order valence-corrected chi connectivity index (χ3v) is 15.8. The molecule has 6 aromatic heterocycles. The normalized spacial score (nSPS) is 11.4. The van der Waals surface area contributed by atoms with E-state index in [-0.39, 0.29) is 0 Å². The maximum absolute atomic E-state index is 3.54. The molecule has 0 saturated heterocycles. The molecule has 8 rings (SSSR count). The number of benzene rings is 2. The summed E-state index contributed by atoms with van der Waals surface area (Å²) < 4.78 is 2.22. The Morgan fingerprint density at radius 2 is 0.409 bits per heavy atom. The Hall–Kier alpha value is -2.40. The molecule has 0 saturated carbocycles. The summed E-state index contributed by atoms with van der Waals surface area (Å²) in [6.07, 6.45) is 0. The lowest BCUT2D eigenvalue weighted by molar-refractivity contribution is 1.65. The summed E-state index contributed by atoms with van der Waals surface area (Å²) >= 11 is 18.3. The van der Waals surface area contributed by atoms with Crippen molar-refractivity contribution in [3.63, 3.8) is 0 Å². The second-order valence-electron chi connectivity index (χ2n) is 10.00. The van der Waals surface area contributed by atoms with E-state index in [2.05, 4.69) is 153 Å². The second-order valence-corrected chi connectivity index (χ2v) is 18.3. The molecule has 0 unspecified atom stereocenters. The zero-order valence-electron chi connectivity index (χ0n) is 22.8. The van der Waals surface area contributed by atoms with Crippen LogP contribution in [0.25, 0.3) is 69.7 Å². The first kappa shape index (κ1) is 29.0. The second kappa shape index (κ2) is 12.4. The van der Waals surface area contributed by atoms with Gasteiger partial charge < -0.3 is 0 Å². The molecule has 0 aliphatic heterocycles. The zero-order valence-corrected chi connectivity index (χ0v) is 30.8. The third kappa shape index (κ3) is 5.95. The van der Waals surface area contributed by atoms with E-state index in [0.717, 1.165) is 8.95 Å². The smallest absolute Gasteiger partial charge is 0.0449 e. The van der Waals surface area contributed by atoms with Crippen LogP contribution in [0.5, 0.6) is 0 Å². The number of thiophene rings is 6. The molecule has 0 bridgehead atoms. The summed E-state index contributed by atoms with van der Waals surface area (Å²) in [7, 11) is 0. The largest absolute Gasteiger partial charge is 0.134 e. The molecular weight excluding hydrogens is 785 g/mol. The average Bonchev–Trinajstić information content (AvgIpc) is 3.88. The SMILES string of the molecule is Brc1ccc(-c2ccc(-c3ccc(-c4ccc(-c5ccc(-c6ccc(-c7ccc(-c8ccc(Br)cc8)s7)s6)s5)s4)s3)s2)cc1. The number of halogens is 2. The van der Waals surface area contributed by atoms with Gasteiger partial charge in [0.05, 0.1) is 0 Å². The van der Waals surface area contributed by atoms with E-state index in [1.54, 1.807) is 0 Å². The van der Waals surface area contributed by atoms with Crippen LogP contribution in [0.4, 0.5) is 0 Å². The fraction of sp³-hybridized carbons (Fsp3) is 0. The third-order valence-electron chi connectivity index (χ3n) is 7.11. The van der Waals surface area contributed by atoms with Gasteiger partial charge in [0.2, 0.25) is 0 Å². The molecular formula is C36H20Br2S6. The number of rotatable bonds is 7. The quantitative estimate of drug-likeness (QED) is 0.151. The van der Waals surface area contributed by atoms with Crippen molar-refractivity contribution in [2.45, 2.75) is 0 Å². The Labute approximate surface area is 296 Å². The van der Waals surface area contributed by atoms with Crippen molar-refractivity contribution in [3.8, 4) is 69.7 Å². The molecule has 0 radical (unpaired) electrons. The van der Waals surface area contributed by atoms with E-state index >= 15 is 0 Å². The van der Waals surface area contributed by atoms with Gasteiger partial charge in [0.1, 0.15) is 0 Å². The summed E-state index contributed by atoms with van der Waals surface area (Å²) in [6.45, 7) is 0. The van der Waals surface area contributed by atoms with Gasteiger partial charge in [-0.25, -0.2) is 0 Å². The molecule has 0 aliphatic carbocycles. The molecule has 8 heteroatoms. The van der Waals surface area contributed by atoms with E-state index in [0.29, 0.717) is 0 Å². The van der Waals surface area contributed by atoms with Gasteiger partial charge in [-0.15, -0.1) is 68.0 Å². The minimum absolute atomic E-state index is 1.11. The molecule has 0 fully saturated rings. The van der Waals surface area contributed by atoms with Gasteiger partial charge in [-0.05, 0) is 108 Å². The van der Waals surface area contributed by atoms with E-state index < -0.39 is 0 Å². The van der Waals surface area contributed by atoms with Crippen LogP contribution in [0, 0.1) is 0 Å². The van der Waals surface area contributed by atoms with Gasteiger partial charge >= 0.3 is 0 Å². The lowest BCUT2D eigenvalue weighted by atomic mass is 10.2. The molecule has 214 valence electrons. The fourth-order valence-corrected chi connectivity index (χ4v) is 11.9. The van der Waals surface area contributed by atoms with Crippen molar-refractivity contribution in [2.24, 2.45) is 0 Å². The summed E-state index contributed by atoms with van der Waals surface area (Å²) in [6, 6.07) is 44.3. The fourth-order valence-electron chi connectivity index (χ4n) is 4.89. The van der Waals surface area contributed by atoms with Crippen molar-refractivity contribution in [1.82, 2.24) is 0 Å². The minimum Gasteiger partial charge on any atom is -0.134 e. The first-order chi connectivity index (χ1) is 21.6. The lowest BCUT2D eigenvalue weighted by Crippen LogP contribution is -1.70. The number of hydrogen-bond acceptors (Lipinski definition) is 6. The Bertz CT molecular complexity index is 2040. The van der Waals surface area contributed by atoms with Crippen molar-refractivity contribution < 1.29 is 0 Å². The van der Waals surface area contributed by atoms with Gasteiger partial charge in [-0.1, -0.05) is 56.1 Å². The standard InChI is InChI=1S/C36H20Br2S6/c37-23-5-1-21(2-6-23)25-9-11-27(39-25)29-13-15-31(41-29)33-17-19-35(43-33)36-20-18-34(44-36)32-16-14-30(42-32)28-12-10-26(40-28)22-3-7-24(38)8-4-22/h1-20H. The van der Waals surface area contributed by atoms with Crippen LogP contribution in [0.15, 0.2) is 130 Å². The van der Waals surface area contributed by atoms with Gasteiger partial charge in [-0.3, -0.25) is 0 Å². The van der Waals surface area contributed by atoms with Crippen LogP contribution < -0.4 is 0 Å². The van der Waals surface area contributed by atoms with Crippen LogP contribution in [0.1, 0.15) is 0 Å². The summed E-state index contributed by atoms with van der Waals surface area (Å²) in [5.74, 6) is 0. The van der Waals surface area contributed by atoms with Crippen LogP contribution in [-0.4, -0.2) is 0 Å². The van der Waals surface area contributed by atoms with Crippen molar-refractivity contribution in [2.75, 3.05) is 0 Å². The predicted octanol–water partition coefficient (Wildman–Crippen LogP) is 15.2. The monoisotopic (exact) mass is 802 g/mol. The van der Waals surface area contributed by atoms with Gasteiger partial charge in [-0.2, -0.15) is 0 Å². The number of hydrogen-bond donors (Lipinski definition) is 0. The average molecular weight is 805 g/mol. The zero-order chi connectivity index (χ0) is 29.6. The summed E-state index contributed by atoms with van der Waals surface area (Å²) in [4.78, 5) is 15.9. The lowest BCUT2D eigenvalue weighted by Gasteiger charge is -1.97. The molecule has 0 nitrogen and oxygen atoms in total. The molecule has 8 aromatic rings. The Morgan fingerprint density at radius 1 is 0.227 bits per heavy atom. The van der Waals surface area contributed by atoms with E-state index in [1.165, 1.54) is 69.7 Å². The highest BCUT2D eigenvalue weighted by atomic mass is 79.9. The van der Waals surface area contributed by atoms with Gasteiger partial charge in [0, 0.05) is 67.5 Å². The van der Waals surface area contributed by atoms with Crippen molar-refractivity contribution >= 4 is 99.9 Å². The van der Waals surface area contributed by atoms with E-state index in [4.69, 9.17) is 0 Å². The van der Waals surface area contributed by atoms with E-state index in [1.807, 2.05) is 68.0 Å². The van der Waals surface area contributed by atoms with Crippen molar-refractivity contribution in [3.05, 3.63) is 130 Å². The minimum atomic E-state index is 1.11. The summed E-state index contributed by atoms with van der Waals surface area (Å²) in [5, 5.41) is 0. The Morgan fingerprint density at radius 3 is 0.636 bits per heavy atom. The van der Waals surface area contributed by atoms with Crippen LogP contribution in [0.3, 0.4) is 0 Å². The maximum Gasteiger partial charge on any atom is 0.0449 e. The Balaban J connectivity index is 0.980. The molecule has 44 heavy (non-hydrogen) atoms. The highest BCUT2D eigenvalue weighted by Gasteiger charge is 2.14. The first-order valence-corrected chi connectivity index (χ1v) is 20.2. The molecule has 0 atom stereocenters. The molecule has 0 aliphatic rings. The van der Waals surface area contributed by atoms with Gasteiger partial charge in [0.15, 0.2) is 0 Å². The van der Waals surface area contributed by atoms with Crippen LogP contribution in [-0.2, 0) is 0 Å². The topological polar surface area (TPSA) is 0 Å². The van der Waals surface area contributed by atoms with Crippen LogP contribution >= 0.6 is 99.9 Å². The molecule has 0 amide bonds. The highest BCUT2D eigenvalue weighted by molar-refractivity contribution is 9.10. The van der Waals surface area contributed by atoms with Crippen LogP contribution in [0.2, 0.25) is 0 Å². The predicted molar refractivity (Wildman–Crippen MR) is 207 cm³/mol. The molecule has 0 N–H and O–H groups in total.